The third kappa shape index (κ3) is 6.16. The van der Waals surface area contributed by atoms with Crippen molar-refractivity contribution in [2.24, 2.45) is 5.41 Å². The zero-order valence-electron chi connectivity index (χ0n) is 28.2. The number of rotatable bonds is 9. The third-order valence-electron chi connectivity index (χ3n) is 9.40. The van der Waals surface area contributed by atoms with Crippen LogP contribution in [0.2, 0.25) is 0 Å². The van der Waals surface area contributed by atoms with E-state index in [-0.39, 0.29) is 29.3 Å². The van der Waals surface area contributed by atoms with Crippen molar-refractivity contribution < 1.29 is 18.6 Å². The first-order valence-electron chi connectivity index (χ1n) is 16.2. The van der Waals surface area contributed by atoms with E-state index in [0.717, 1.165) is 38.9 Å². The molecule has 0 aliphatic carbocycles. The second-order valence-corrected chi connectivity index (χ2v) is 14.9. The molecule has 0 saturated heterocycles. The lowest BCUT2D eigenvalue weighted by atomic mass is 9.69. The van der Waals surface area contributed by atoms with Gasteiger partial charge in [0, 0.05) is 31.4 Å². The van der Waals surface area contributed by atoms with Gasteiger partial charge in [-0.3, -0.25) is 18.9 Å². The number of amides is 1. The third-order valence-corrected chi connectivity index (χ3v) is 11.3. The largest absolute Gasteiger partial charge is 0.472 e. The van der Waals surface area contributed by atoms with Gasteiger partial charge in [0.1, 0.15) is 16.5 Å². The fourth-order valence-electron chi connectivity index (χ4n) is 6.51. The van der Waals surface area contributed by atoms with Crippen molar-refractivity contribution >= 4 is 33.4 Å². The standard InChI is InChI=1S/C36H43N7O4S/c1-7-28-22-42(48(45,46)31-12-10-18-38-34(31)47-28)21-26-19-25(14-13-23(26)3)32(36(5,6)35(44)39-27-11-9-17-37-20-27)29-15-16-30-33(24(29)4)40-41-43(30)8-2/h9-20,28,32,45-46H,7-8,21-22H2,1-6H3,(H,39,44). The molecule has 0 saturated carbocycles. The van der Waals surface area contributed by atoms with Crippen LogP contribution in [-0.4, -0.2) is 56.9 Å². The summed E-state index contributed by atoms with van der Waals surface area (Å²) in [6, 6.07) is 17.3. The number of hydrogen-bond donors (Lipinski definition) is 3. The minimum Gasteiger partial charge on any atom is -0.472 e. The molecule has 6 rings (SSSR count). The molecule has 0 fully saturated rings. The van der Waals surface area contributed by atoms with Crippen LogP contribution in [0.1, 0.15) is 67.9 Å². The van der Waals surface area contributed by atoms with Gasteiger partial charge in [0.15, 0.2) is 0 Å². The monoisotopic (exact) mass is 669 g/mol. The summed E-state index contributed by atoms with van der Waals surface area (Å²) < 4.78 is 33.0. The molecule has 1 amide bonds. The van der Waals surface area contributed by atoms with E-state index in [0.29, 0.717) is 25.2 Å². The molecule has 5 aromatic rings. The number of ether oxygens (including phenoxy) is 1. The number of aryl methyl sites for hydroxylation is 3. The van der Waals surface area contributed by atoms with Crippen molar-refractivity contribution in [1.29, 1.82) is 0 Å². The first-order chi connectivity index (χ1) is 22.9. The maximum atomic E-state index is 14.2. The van der Waals surface area contributed by atoms with E-state index in [1.807, 2.05) is 64.4 Å². The lowest BCUT2D eigenvalue weighted by Crippen LogP contribution is -2.37. The molecule has 4 heterocycles. The lowest BCUT2D eigenvalue weighted by molar-refractivity contribution is -0.124. The lowest BCUT2D eigenvalue weighted by Gasteiger charge is -2.42. The normalized spacial score (nSPS) is 17.6. The summed E-state index contributed by atoms with van der Waals surface area (Å²) in [6.45, 7) is 13.3. The summed E-state index contributed by atoms with van der Waals surface area (Å²) in [4.78, 5) is 22.9. The van der Waals surface area contributed by atoms with E-state index in [4.69, 9.17) is 4.74 Å². The average molecular weight is 670 g/mol. The van der Waals surface area contributed by atoms with Gasteiger partial charge in [-0.15, -0.1) is 15.9 Å². The summed E-state index contributed by atoms with van der Waals surface area (Å²) in [5, 5.41) is 12.0. The molecule has 0 radical (unpaired) electrons. The van der Waals surface area contributed by atoms with Crippen LogP contribution in [0.4, 0.5) is 5.69 Å². The van der Waals surface area contributed by atoms with E-state index in [1.54, 1.807) is 41.1 Å². The van der Waals surface area contributed by atoms with Crippen molar-refractivity contribution in [1.82, 2.24) is 29.3 Å². The summed E-state index contributed by atoms with van der Waals surface area (Å²) in [7, 11) is -3.41. The Morgan fingerprint density at radius 1 is 1.10 bits per heavy atom. The average Bonchev–Trinajstić information content (AvgIpc) is 3.46. The van der Waals surface area contributed by atoms with Crippen LogP contribution in [0, 0.1) is 19.3 Å². The molecule has 2 unspecified atom stereocenters. The molecule has 2 aromatic carbocycles. The molecular formula is C36H43N7O4S. The maximum absolute atomic E-state index is 14.2. The van der Waals surface area contributed by atoms with E-state index >= 15 is 0 Å². The van der Waals surface area contributed by atoms with Crippen molar-refractivity contribution in [3.63, 3.8) is 0 Å². The Kier molecular flexibility index (Phi) is 9.27. The molecule has 12 heteroatoms. The number of pyridine rings is 2. The van der Waals surface area contributed by atoms with Crippen molar-refractivity contribution in [2.75, 3.05) is 11.9 Å². The van der Waals surface area contributed by atoms with Crippen LogP contribution in [0.15, 0.2) is 78.1 Å². The Balaban J connectivity index is 1.45. The summed E-state index contributed by atoms with van der Waals surface area (Å²) in [5.74, 6) is -0.302. The van der Waals surface area contributed by atoms with Crippen LogP contribution in [-0.2, 0) is 17.9 Å². The molecule has 0 bridgehead atoms. The quantitative estimate of drug-likeness (QED) is 0.147. The first-order valence-corrected chi connectivity index (χ1v) is 17.7. The second kappa shape index (κ2) is 13.3. The van der Waals surface area contributed by atoms with Gasteiger partial charge < -0.3 is 10.1 Å². The SMILES string of the molecule is CCC1CN(Cc2cc(C(c3ccc4c(nnn4CC)c3C)C(C)(C)C(=O)Nc3cccnc3)ccc2C)S(O)(O)c2cccnc2O1. The molecule has 3 N–H and O–H groups in total. The van der Waals surface area contributed by atoms with Gasteiger partial charge in [0.25, 0.3) is 0 Å². The van der Waals surface area contributed by atoms with Gasteiger partial charge in [-0.1, -0.05) is 50.3 Å². The van der Waals surface area contributed by atoms with Crippen LogP contribution in [0.25, 0.3) is 11.0 Å². The van der Waals surface area contributed by atoms with Crippen LogP contribution >= 0.6 is 10.8 Å². The fourth-order valence-corrected chi connectivity index (χ4v) is 8.08. The molecule has 0 spiro atoms. The molecule has 11 nitrogen and oxygen atoms in total. The molecule has 2 atom stereocenters. The maximum Gasteiger partial charge on any atom is 0.239 e. The molecule has 1 aliphatic heterocycles. The number of hydrogen-bond acceptors (Lipinski definition) is 9. The van der Waals surface area contributed by atoms with E-state index in [9.17, 15) is 13.9 Å². The van der Waals surface area contributed by atoms with E-state index in [2.05, 4.69) is 43.8 Å². The summed E-state index contributed by atoms with van der Waals surface area (Å²) in [6.07, 6.45) is 5.30. The second-order valence-electron chi connectivity index (χ2n) is 12.9. The number of nitrogens with one attached hydrogen (secondary N) is 1. The number of nitrogens with zero attached hydrogens (tertiary/aromatic N) is 6. The Bertz CT molecular complexity index is 1950. The number of carbonyl (C=O) groups is 1. The summed E-state index contributed by atoms with van der Waals surface area (Å²) >= 11 is 0. The molecule has 1 aliphatic rings. The zero-order valence-corrected chi connectivity index (χ0v) is 29.0. The van der Waals surface area contributed by atoms with Gasteiger partial charge in [-0.25, -0.2) is 9.67 Å². The van der Waals surface area contributed by atoms with E-state index < -0.39 is 22.1 Å². The number of fused-ring (bicyclic) bond motifs is 2. The van der Waals surface area contributed by atoms with Crippen molar-refractivity contribution in [2.45, 2.75) is 78.0 Å². The van der Waals surface area contributed by atoms with Crippen LogP contribution in [0.5, 0.6) is 5.88 Å². The Labute approximate surface area is 282 Å². The van der Waals surface area contributed by atoms with Gasteiger partial charge in [0.05, 0.1) is 29.4 Å². The van der Waals surface area contributed by atoms with Crippen LogP contribution < -0.4 is 10.1 Å². The highest BCUT2D eigenvalue weighted by Crippen LogP contribution is 2.57. The highest BCUT2D eigenvalue weighted by molar-refractivity contribution is 8.22. The number of anilines is 1. The highest BCUT2D eigenvalue weighted by atomic mass is 32.3. The molecule has 48 heavy (non-hydrogen) atoms. The van der Waals surface area contributed by atoms with Crippen LogP contribution in [0.3, 0.4) is 0 Å². The summed E-state index contributed by atoms with van der Waals surface area (Å²) in [5.41, 5.74) is 6.15. The Morgan fingerprint density at radius 3 is 2.62 bits per heavy atom. The van der Waals surface area contributed by atoms with Crippen molar-refractivity contribution in [3.8, 4) is 5.88 Å². The zero-order chi connectivity index (χ0) is 34.2. The highest BCUT2D eigenvalue weighted by Gasteiger charge is 2.41. The molecular weight excluding hydrogens is 627 g/mol. The number of benzene rings is 2. The number of aromatic nitrogens is 5. The van der Waals surface area contributed by atoms with Gasteiger partial charge >= 0.3 is 0 Å². The van der Waals surface area contributed by atoms with E-state index in [1.165, 1.54) is 0 Å². The van der Waals surface area contributed by atoms with Crippen molar-refractivity contribution in [3.05, 3.63) is 101 Å². The first kappa shape index (κ1) is 33.5. The van der Waals surface area contributed by atoms with Gasteiger partial charge in [-0.05, 0) is 85.3 Å². The molecule has 252 valence electrons. The van der Waals surface area contributed by atoms with Gasteiger partial charge in [0.2, 0.25) is 11.8 Å². The Hall–Kier alpha value is -4.36. The fraction of sp³-hybridized carbons (Fsp3) is 0.361. The molecule has 3 aromatic heterocycles. The predicted octanol–water partition coefficient (Wildman–Crippen LogP) is 7.35. The smallest absolute Gasteiger partial charge is 0.239 e. The predicted molar refractivity (Wildman–Crippen MR) is 188 cm³/mol. The minimum absolute atomic E-state index is 0.159. The Morgan fingerprint density at radius 2 is 1.90 bits per heavy atom. The topological polar surface area (TPSA) is 139 Å². The number of carbonyl (C=O) groups excluding carboxylic acids is 1. The van der Waals surface area contributed by atoms with Gasteiger partial charge in [-0.2, -0.15) is 4.31 Å². The minimum atomic E-state index is -3.41.